The highest BCUT2D eigenvalue weighted by atomic mass is 35.5. The molecule has 1 saturated heterocycles. The molecule has 28 heavy (non-hydrogen) atoms. The van der Waals surface area contributed by atoms with Gasteiger partial charge in [-0.1, -0.05) is 17.7 Å². The van der Waals surface area contributed by atoms with E-state index in [0.29, 0.717) is 60.2 Å². The quantitative estimate of drug-likeness (QED) is 0.845. The Kier molecular flexibility index (Phi) is 6.20. The Labute approximate surface area is 170 Å². The van der Waals surface area contributed by atoms with Crippen molar-refractivity contribution in [2.24, 2.45) is 0 Å². The summed E-state index contributed by atoms with van der Waals surface area (Å²) in [6.07, 6.45) is 3.27. The molecule has 1 aliphatic rings. The smallest absolute Gasteiger partial charge is 0.257 e. The van der Waals surface area contributed by atoms with Gasteiger partial charge in [-0.2, -0.15) is 0 Å². The third-order valence-corrected chi connectivity index (χ3v) is 5.43. The van der Waals surface area contributed by atoms with Crippen LogP contribution in [0, 0.1) is 20.8 Å². The van der Waals surface area contributed by atoms with Crippen LogP contribution in [0.1, 0.15) is 46.7 Å². The van der Waals surface area contributed by atoms with Gasteiger partial charge in [0, 0.05) is 19.3 Å². The monoisotopic (exact) mass is 403 g/mol. The van der Waals surface area contributed by atoms with Crippen molar-refractivity contribution < 1.29 is 14.6 Å². The summed E-state index contributed by atoms with van der Waals surface area (Å²) in [6.45, 7) is 6.76. The van der Waals surface area contributed by atoms with Gasteiger partial charge in [0.2, 0.25) is 0 Å². The Morgan fingerprint density at radius 3 is 2.82 bits per heavy atom. The molecule has 2 aromatic rings. The third kappa shape index (κ3) is 4.80. The predicted octanol–water partition coefficient (Wildman–Crippen LogP) is 3.49. The minimum Gasteiger partial charge on any atom is -0.489 e. The topological polar surface area (TPSA) is 75.6 Å². The fourth-order valence-corrected chi connectivity index (χ4v) is 3.60. The van der Waals surface area contributed by atoms with Crippen LogP contribution in [-0.2, 0) is 0 Å². The van der Waals surface area contributed by atoms with Gasteiger partial charge < -0.3 is 14.7 Å². The van der Waals surface area contributed by atoms with Gasteiger partial charge in [0.05, 0.1) is 16.3 Å². The van der Waals surface area contributed by atoms with Gasteiger partial charge in [0.25, 0.3) is 5.91 Å². The van der Waals surface area contributed by atoms with Gasteiger partial charge in [-0.05, 0) is 57.7 Å². The number of halogens is 1. The summed E-state index contributed by atoms with van der Waals surface area (Å²) >= 11 is 6.18. The summed E-state index contributed by atoms with van der Waals surface area (Å²) in [7, 11) is 0. The number of hydrogen-bond acceptors (Lipinski definition) is 5. The number of aliphatic hydroxyl groups is 1. The average Bonchev–Trinajstić information content (AvgIpc) is 2.84. The van der Waals surface area contributed by atoms with Crippen molar-refractivity contribution in [1.82, 2.24) is 14.9 Å². The van der Waals surface area contributed by atoms with Gasteiger partial charge in [-0.25, -0.2) is 9.97 Å². The van der Waals surface area contributed by atoms with E-state index in [1.807, 2.05) is 26.0 Å². The first kappa shape index (κ1) is 20.6. The molecule has 6 nitrogen and oxygen atoms in total. The molecule has 0 radical (unpaired) electrons. The van der Waals surface area contributed by atoms with Crippen LogP contribution in [0.5, 0.6) is 5.75 Å². The van der Waals surface area contributed by atoms with Crippen molar-refractivity contribution >= 4 is 17.5 Å². The van der Waals surface area contributed by atoms with Gasteiger partial charge in [0.1, 0.15) is 23.8 Å². The summed E-state index contributed by atoms with van der Waals surface area (Å²) in [5, 5.41) is 11.5. The number of carbonyl (C=O) groups is 1. The van der Waals surface area contributed by atoms with Crippen molar-refractivity contribution in [1.29, 1.82) is 0 Å². The number of nitrogens with zero attached hydrogens (tertiary/aromatic N) is 3. The molecular weight excluding hydrogens is 378 g/mol. The lowest BCUT2D eigenvalue weighted by Gasteiger charge is -2.27. The van der Waals surface area contributed by atoms with E-state index in [-0.39, 0.29) is 12.5 Å². The molecule has 1 amide bonds. The lowest BCUT2D eigenvalue weighted by atomic mass is 9.96. The SMILES string of the molecule is Cc1ccc(Cl)c(OCC2(O)CCCN(C(=O)c3cnc(C)nc3C)CC2)c1. The number of rotatable bonds is 4. The Bertz CT molecular complexity index is 874. The zero-order valence-electron chi connectivity index (χ0n) is 16.5. The Balaban J connectivity index is 1.65. The molecule has 2 heterocycles. The van der Waals surface area contributed by atoms with Crippen LogP contribution in [0.25, 0.3) is 0 Å². The minimum absolute atomic E-state index is 0.0932. The van der Waals surface area contributed by atoms with Gasteiger partial charge in [-0.15, -0.1) is 0 Å². The zero-order chi connectivity index (χ0) is 20.3. The first-order valence-electron chi connectivity index (χ1n) is 9.48. The molecule has 1 unspecified atom stereocenters. The van der Waals surface area contributed by atoms with Crippen molar-refractivity contribution in [3.8, 4) is 5.75 Å². The maximum Gasteiger partial charge on any atom is 0.257 e. The summed E-state index contributed by atoms with van der Waals surface area (Å²) in [4.78, 5) is 23.1. The van der Waals surface area contributed by atoms with E-state index in [9.17, 15) is 9.90 Å². The first-order chi connectivity index (χ1) is 13.3. The van der Waals surface area contributed by atoms with Crippen LogP contribution in [0.4, 0.5) is 0 Å². The second-order valence-electron chi connectivity index (χ2n) is 7.51. The number of aromatic nitrogens is 2. The number of ether oxygens (including phenoxy) is 1. The van der Waals surface area contributed by atoms with Crippen LogP contribution < -0.4 is 4.74 Å². The molecule has 7 heteroatoms. The Hall–Kier alpha value is -2.18. The van der Waals surface area contributed by atoms with E-state index >= 15 is 0 Å². The van der Waals surface area contributed by atoms with Gasteiger partial charge in [-0.3, -0.25) is 4.79 Å². The number of benzene rings is 1. The van der Waals surface area contributed by atoms with E-state index in [4.69, 9.17) is 16.3 Å². The average molecular weight is 404 g/mol. The maximum absolute atomic E-state index is 12.9. The number of hydrogen-bond donors (Lipinski definition) is 1. The van der Waals surface area contributed by atoms with E-state index < -0.39 is 5.60 Å². The molecule has 0 spiro atoms. The molecule has 1 fully saturated rings. The van der Waals surface area contributed by atoms with Gasteiger partial charge >= 0.3 is 0 Å². The van der Waals surface area contributed by atoms with E-state index in [1.54, 1.807) is 24.1 Å². The normalized spacial score (nSPS) is 20.0. The highest BCUT2D eigenvalue weighted by Gasteiger charge is 2.33. The van der Waals surface area contributed by atoms with Crippen molar-refractivity contribution in [3.63, 3.8) is 0 Å². The predicted molar refractivity (Wildman–Crippen MR) is 108 cm³/mol. The van der Waals surface area contributed by atoms with Crippen LogP contribution in [-0.4, -0.2) is 51.2 Å². The molecule has 150 valence electrons. The summed E-state index contributed by atoms with van der Waals surface area (Å²) in [5.74, 6) is 1.12. The zero-order valence-corrected chi connectivity index (χ0v) is 17.3. The lowest BCUT2D eigenvalue weighted by Crippen LogP contribution is -2.38. The molecule has 0 aliphatic carbocycles. The van der Waals surface area contributed by atoms with Crippen molar-refractivity contribution in [3.05, 3.63) is 52.1 Å². The van der Waals surface area contributed by atoms with Crippen LogP contribution in [0.3, 0.4) is 0 Å². The van der Waals surface area contributed by atoms with Crippen LogP contribution >= 0.6 is 11.6 Å². The fourth-order valence-electron chi connectivity index (χ4n) is 3.42. The molecule has 1 N–H and O–H groups in total. The number of amides is 1. The molecule has 0 bridgehead atoms. The summed E-state index contributed by atoms with van der Waals surface area (Å²) in [6, 6.07) is 5.56. The molecule has 1 aromatic carbocycles. The minimum atomic E-state index is -0.999. The highest BCUT2D eigenvalue weighted by Crippen LogP contribution is 2.29. The van der Waals surface area contributed by atoms with E-state index in [1.165, 1.54) is 0 Å². The molecular formula is C21H26ClN3O3. The lowest BCUT2D eigenvalue weighted by molar-refractivity contribution is -0.0163. The highest BCUT2D eigenvalue weighted by molar-refractivity contribution is 6.32. The Morgan fingerprint density at radius 1 is 1.29 bits per heavy atom. The molecule has 1 aromatic heterocycles. The first-order valence-corrected chi connectivity index (χ1v) is 9.86. The number of aryl methyl sites for hydroxylation is 3. The fraction of sp³-hybridized carbons (Fsp3) is 0.476. The number of likely N-dealkylation sites (tertiary alicyclic amines) is 1. The standard InChI is InChI=1S/C21H26ClN3O3/c1-14-5-6-18(22)19(11-14)28-13-21(27)7-4-9-25(10-8-21)20(26)17-12-23-16(3)24-15(17)2/h5-6,11-12,27H,4,7-10,13H2,1-3H3. The molecule has 1 aliphatic heterocycles. The maximum atomic E-state index is 12.9. The summed E-state index contributed by atoms with van der Waals surface area (Å²) < 4.78 is 5.82. The second-order valence-corrected chi connectivity index (χ2v) is 7.92. The van der Waals surface area contributed by atoms with Crippen LogP contribution in [0.15, 0.2) is 24.4 Å². The summed E-state index contributed by atoms with van der Waals surface area (Å²) in [5.41, 5.74) is 1.23. The van der Waals surface area contributed by atoms with E-state index in [2.05, 4.69) is 9.97 Å². The molecule has 1 atom stereocenters. The molecule has 0 saturated carbocycles. The van der Waals surface area contributed by atoms with Crippen LogP contribution in [0.2, 0.25) is 5.02 Å². The van der Waals surface area contributed by atoms with Crippen molar-refractivity contribution in [2.75, 3.05) is 19.7 Å². The van der Waals surface area contributed by atoms with Gasteiger partial charge in [0.15, 0.2) is 0 Å². The molecule has 3 rings (SSSR count). The Morgan fingerprint density at radius 2 is 2.07 bits per heavy atom. The number of carbonyl (C=O) groups excluding carboxylic acids is 1. The third-order valence-electron chi connectivity index (χ3n) is 5.12. The second kappa shape index (κ2) is 8.45. The largest absolute Gasteiger partial charge is 0.489 e. The van der Waals surface area contributed by atoms with Crippen molar-refractivity contribution in [2.45, 2.75) is 45.6 Å². The van der Waals surface area contributed by atoms with E-state index in [0.717, 1.165) is 5.56 Å².